The standard InChI is InChI=1S/C21H21N5O2/c1-14-9-18(14)21(28)25-17-4-2-3-16(11-17)20(27)24-12-15-5-6-23-19(10-15)26-8-7-22-13-26/h2-8,10-11,13-14,18H,9,12H2,1H3,(H,24,27)(H,25,28). The van der Waals surface area contributed by atoms with Crippen LogP contribution in [0.4, 0.5) is 5.69 Å². The van der Waals surface area contributed by atoms with Crippen LogP contribution in [0.15, 0.2) is 61.3 Å². The van der Waals surface area contributed by atoms with Crippen LogP contribution < -0.4 is 10.6 Å². The summed E-state index contributed by atoms with van der Waals surface area (Å²) < 4.78 is 1.80. The molecule has 2 heterocycles. The molecule has 0 bridgehead atoms. The highest BCUT2D eigenvalue weighted by atomic mass is 16.2. The van der Waals surface area contributed by atoms with Crippen LogP contribution in [-0.2, 0) is 11.3 Å². The molecule has 0 radical (unpaired) electrons. The molecule has 1 fully saturated rings. The van der Waals surface area contributed by atoms with Crippen LogP contribution in [0, 0.1) is 11.8 Å². The number of rotatable bonds is 6. The number of carbonyl (C=O) groups excluding carboxylic acids is 2. The second-order valence-electron chi connectivity index (χ2n) is 7.06. The zero-order valence-corrected chi connectivity index (χ0v) is 15.5. The van der Waals surface area contributed by atoms with Crippen molar-refractivity contribution >= 4 is 17.5 Å². The van der Waals surface area contributed by atoms with Gasteiger partial charge in [0.05, 0.1) is 0 Å². The number of amides is 2. The summed E-state index contributed by atoms with van der Waals surface area (Å²) in [5, 5.41) is 5.80. The molecule has 2 amide bonds. The number of pyridine rings is 1. The molecule has 7 nitrogen and oxygen atoms in total. The van der Waals surface area contributed by atoms with E-state index in [2.05, 4.69) is 27.5 Å². The van der Waals surface area contributed by atoms with Gasteiger partial charge in [0.2, 0.25) is 5.91 Å². The van der Waals surface area contributed by atoms with Crippen molar-refractivity contribution in [1.29, 1.82) is 0 Å². The van der Waals surface area contributed by atoms with Gasteiger partial charge in [0.15, 0.2) is 0 Å². The Morgan fingerprint density at radius 1 is 1.21 bits per heavy atom. The van der Waals surface area contributed by atoms with Crippen molar-refractivity contribution in [2.45, 2.75) is 19.9 Å². The summed E-state index contributed by atoms with van der Waals surface area (Å²) in [6.07, 6.45) is 7.80. The van der Waals surface area contributed by atoms with E-state index in [1.807, 2.05) is 18.3 Å². The third-order valence-electron chi connectivity index (χ3n) is 4.87. The Balaban J connectivity index is 1.38. The van der Waals surface area contributed by atoms with E-state index in [1.54, 1.807) is 47.6 Å². The number of aromatic nitrogens is 3. The minimum absolute atomic E-state index is 0.0221. The molecule has 1 saturated carbocycles. The van der Waals surface area contributed by atoms with Crippen LogP contribution >= 0.6 is 0 Å². The zero-order valence-electron chi connectivity index (χ0n) is 15.5. The van der Waals surface area contributed by atoms with Gasteiger partial charge in [0.25, 0.3) is 5.91 Å². The monoisotopic (exact) mass is 375 g/mol. The average Bonchev–Trinajstić information content (AvgIpc) is 3.20. The summed E-state index contributed by atoms with van der Waals surface area (Å²) in [5.74, 6) is 1.10. The predicted octanol–water partition coefficient (Wildman–Crippen LogP) is 2.79. The highest BCUT2D eigenvalue weighted by molar-refractivity contribution is 5.98. The molecule has 1 aliphatic carbocycles. The second kappa shape index (κ2) is 7.64. The lowest BCUT2D eigenvalue weighted by Crippen LogP contribution is -2.23. The minimum atomic E-state index is -0.197. The largest absolute Gasteiger partial charge is 0.348 e. The lowest BCUT2D eigenvalue weighted by Gasteiger charge is -2.09. The highest BCUT2D eigenvalue weighted by Crippen LogP contribution is 2.38. The number of anilines is 1. The first kappa shape index (κ1) is 17.9. The maximum Gasteiger partial charge on any atom is 0.251 e. The number of imidazole rings is 1. The van der Waals surface area contributed by atoms with Crippen LogP contribution in [0.3, 0.4) is 0 Å². The number of nitrogens with one attached hydrogen (secondary N) is 2. The summed E-state index contributed by atoms with van der Waals surface area (Å²) in [6.45, 7) is 2.44. The van der Waals surface area contributed by atoms with Crippen LogP contribution in [0.25, 0.3) is 5.82 Å². The molecule has 0 spiro atoms. The smallest absolute Gasteiger partial charge is 0.251 e. The molecule has 7 heteroatoms. The van der Waals surface area contributed by atoms with Crippen molar-refractivity contribution in [1.82, 2.24) is 19.9 Å². The van der Waals surface area contributed by atoms with Crippen molar-refractivity contribution in [2.24, 2.45) is 11.8 Å². The van der Waals surface area contributed by atoms with E-state index in [0.717, 1.165) is 17.8 Å². The molecule has 0 aliphatic heterocycles. The fourth-order valence-corrected chi connectivity index (χ4v) is 3.05. The summed E-state index contributed by atoms with van der Waals surface area (Å²) >= 11 is 0. The van der Waals surface area contributed by atoms with Crippen molar-refractivity contribution in [2.75, 3.05) is 5.32 Å². The molecule has 0 saturated heterocycles. The van der Waals surface area contributed by atoms with Gasteiger partial charge in [-0.25, -0.2) is 9.97 Å². The molecule has 1 aromatic carbocycles. The number of hydrogen-bond donors (Lipinski definition) is 2. The van der Waals surface area contributed by atoms with Gasteiger partial charge in [-0.15, -0.1) is 0 Å². The number of hydrogen-bond acceptors (Lipinski definition) is 4. The maximum atomic E-state index is 12.5. The summed E-state index contributed by atoms with van der Waals surface area (Å²) in [7, 11) is 0. The quantitative estimate of drug-likeness (QED) is 0.693. The van der Waals surface area contributed by atoms with Crippen molar-refractivity contribution in [3.63, 3.8) is 0 Å². The van der Waals surface area contributed by atoms with Crippen LogP contribution in [0.5, 0.6) is 0 Å². The zero-order chi connectivity index (χ0) is 19.5. The van der Waals surface area contributed by atoms with Crippen molar-refractivity contribution in [3.8, 4) is 5.82 Å². The summed E-state index contributed by atoms with van der Waals surface area (Å²) in [4.78, 5) is 32.9. The molecule has 28 heavy (non-hydrogen) atoms. The predicted molar refractivity (Wildman–Crippen MR) is 105 cm³/mol. The van der Waals surface area contributed by atoms with Crippen molar-refractivity contribution < 1.29 is 9.59 Å². The van der Waals surface area contributed by atoms with Crippen molar-refractivity contribution in [3.05, 3.63) is 72.4 Å². The van der Waals surface area contributed by atoms with Gasteiger partial charge in [-0.05, 0) is 48.2 Å². The molecule has 2 N–H and O–H groups in total. The fourth-order valence-electron chi connectivity index (χ4n) is 3.05. The van der Waals surface area contributed by atoms with Gasteiger partial charge in [-0.1, -0.05) is 13.0 Å². The molecule has 2 unspecified atom stereocenters. The maximum absolute atomic E-state index is 12.5. The Kier molecular flexibility index (Phi) is 4.89. The molecule has 3 aromatic rings. The Morgan fingerprint density at radius 2 is 2.07 bits per heavy atom. The van der Waals surface area contributed by atoms with Crippen LogP contribution in [0.1, 0.15) is 29.3 Å². The van der Waals surface area contributed by atoms with Gasteiger partial charge in [0, 0.05) is 42.3 Å². The first-order valence-electron chi connectivity index (χ1n) is 9.22. The van der Waals surface area contributed by atoms with Gasteiger partial charge in [-0.3, -0.25) is 14.2 Å². The molecule has 1 aliphatic rings. The Labute approximate surface area is 162 Å². The third-order valence-corrected chi connectivity index (χ3v) is 4.87. The average molecular weight is 375 g/mol. The normalized spacial score (nSPS) is 17.8. The second-order valence-corrected chi connectivity index (χ2v) is 7.06. The molecule has 4 rings (SSSR count). The van der Waals surface area contributed by atoms with Gasteiger partial charge < -0.3 is 10.6 Å². The summed E-state index contributed by atoms with van der Waals surface area (Å²) in [5.41, 5.74) is 2.08. The Bertz CT molecular complexity index is 1000. The lowest BCUT2D eigenvalue weighted by molar-refractivity contribution is -0.117. The molecule has 2 aromatic heterocycles. The Morgan fingerprint density at radius 3 is 2.82 bits per heavy atom. The van der Waals surface area contributed by atoms with Crippen LogP contribution in [0.2, 0.25) is 0 Å². The van der Waals surface area contributed by atoms with Gasteiger partial charge in [0.1, 0.15) is 12.1 Å². The molecular formula is C21H21N5O2. The molecular weight excluding hydrogens is 354 g/mol. The van der Waals surface area contributed by atoms with E-state index in [-0.39, 0.29) is 17.7 Å². The fraction of sp³-hybridized carbons (Fsp3) is 0.238. The number of benzene rings is 1. The van der Waals surface area contributed by atoms with E-state index < -0.39 is 0 Å². The van der Waals surface area contributed by atoms with E-state index in [1.165, 1.54) is 0 Å². The Hall–Kier alpha value is -3.48. The topological polar surface area (TPSA) is 88.9 Å². The van der Waals surface area contributed by atoms with E-state index in [9.17, 15) is 9.59 Å². The third kappa shape index (κ3) is 4.09. The van der Waals surface area contributed by atoms with E-state index in [4.69, 9.17) is 0 Å². The first-order chi connectivity index (χ1) is 13.6. The highest BCUT2D eigenvalue weighted by Gasteiger charge is 2.39. The van der Waals surface area contributed by atoms with E-state index >= 15 is 0 Å². The van der Waals surface area contributed by atoms with Gasteiger partial charge >= 0.3 is 0 Å². The van der Waals surface area contributed by atoms with E-state index in [0.29, 0.717) is 23.7 Å². The summed E-state index contributed by atoms with van der Waals surface area (Å²) in [6, 6.07) is 10.7. The lowest BCUT2D eigenvalue weighted by atomic mass is 10.1. The number of nitrogens with zero attached hydrogens (tertiary/aromatic N) is 3. The number of carbonyl (C=O) groups is 2. The molecule has 142 valence electrons. The molecule has 2 atom stereocenters. The minimum Gasteiger partial charge on any atom is -0.348 e. The van der Waals surface area contributed by atoms with Gasteiger partial charge in [-0.2, -0.15) is 0 Å². The van der Waals surface area contributed by atoms with Crippen LogP contribution in [-0.4, -0.2) is 26.3 Å². The SMILES string of the molecule is CC1CC1C(=O)Nc1cccc(C(=O)NCc2ccnc(-n3ccnc3)c2)c1. The first-order valence-corrected chi connectivity index (χ1v) is 9.22.